The third-order valence-corrected chi connectivity index (χ3v) is 1.90. The van der Waals surface area contributed by atoms with Crippen molar-refractivity contribution in [1.29, 1.82) is 0 Å². The van der Waals surface area contributed by atoms with Gasteiger partial charge < -0.3 is 14.9 Å². The Morgan fingerprint density at radius 3 is 1.87 bits per heavy atom. The van der Waals surface area contributed by atoms with E-state index in [9.17, 15) is 9.59 Å². The summed E-state index contributed by atoms with van der Waals surface area (Å²) in [4.78, 5) is 22.5. The number of ether oxygens (including phenoxy) is 1. The Hall–Kier alpha value is -1.14. The summed E-state index contributed by atoms with van der Waals surface area (Å²) in [6, 6.07) is 0. The number of aliphatic carboxylic acids is 2. The van der Waals surface area contributed by atoms with E-state index in [1.54, 1.807) is 12.0 Å². The van der Waals surface area contributed by atoms with Gasteiger partial charge in [-0.2, -0.15) is 0 Å². The first-order valence-electron chi connectivity index (χ1n) is 4.71. The smallest absolute Gasteiger partial charge is 0.304 e. The van der Waals surface area contributed by atoms with E-state index in [0.29, 0.717) is 26.2 Å². The molecule has 0 atom stereocenters. The second kappa shape index (κ2) is 8.19. The fraction of sp³-hybridized carbons (Fsp3) is 0.778. The van der Waals surface area contributed by atoms with Crippen molar-refractivity contribution in [1.82, 2.24) is 4.90 Å². The normalized spacial score (nSPS) is 10.5. The lowest BCUT2D eigenvalue weighted by molar-refractivity contribution is -0.137. The summed E-state index contributed by atoms with van der Waals surface area (Å²) in [5.41, 5.74) is 0. The summed E-state index contributed by atoms with van der Waals surface area (Å²) >= 11 is 0. The van der Waals surface area contributed by atoms with Gasteiger partial charge in [0.25, 0.3) is 0 Å². The quantitative estimate of drug-likeness (QED) is 0.562. The van der Waals surface area contributed by atoms with E-state index in [1.807, 2.05) is 0 Å². The maximum atomic E-state index is 10.3. The molecule has 6 heteroatoms. The number of hydrogen-bond acceptors (Lipinski definition) is 4. The predicted molar refractivity (Wildman–Crippen MR) is 52.8 cm³/mol. The van der Waals surface area contributed by atoms with Crippen LogP contribution in [0, 0.1) is 0 Å². The van der Waals surface area contributed by atoms with Crippen LogP contribution in [-0.4, -0.2) is 60.4 Å². The van der Waals surface area contributed by atoms with E-state index < -0.39 is 11.9 Å². The van der Waals surface area contributed by atoms with Gasteiger partial charge in [-0.3, -0.25) is 14.5 Å². The van der Waals surface area contributed by atoms with Gasteiger partial charge in [0.1, 0.15) is 0 Å². The van der Waals surface area contributed by atoms with E-state index in [0.717, 1.165) is 0 Å². The first kappa shape index (κ1) is 13.9. The fourth-order valence-corrected chi connectivity index (χ4v) is 1.06. The summed E-state index contributed by atoms with van der Waals surface area (Å²) in [7, 11) is 1.55. The lowest BCUT2D eigenvalue weighted by Gasteiger charge is -2.19. The van der Waals surface area contributed by atoms with Crippen LogP contribution in [-0.2, 0) is 14.3 Å². The van der Waals surface area contributed by atoms with Gasteiger partial charge in [0, 0.05) is 26.7 Å². The van der Waals surface area contributed by atoms with Crippen molar-refractivity contribution in [3.8, 4) is 0 Å². The van der Waals surface area contributed by atoms with Gasteiger partial charge in [-0.25, -0.2) is 0 Å². The third-order valence-electron chi connectivity index (χ3n) is 1.90. The molecule has 0 saturated carbocycles. The molecule has 0 bridgehead atoms. The Labute approximate surface area is 88.4 Å². The van der Waals surface area contributed by atoms with Gasteiger partial charge in [0.2, 0.25) is 0 Å². The highest BCUT2D eigenvalue weighted by Crippen LogP contribution is 1.95. The van der Waals surface area contributed by atoms with Gasteiger partial charge in [-0.05, 0) is 0 Å². The molecule has 2 N–H and O–H groups in total. The third kappa shape index (κ3) is 9.17. The minimum Gasteiger partial charge on any atom is -0.481 e. The number of hydrogen-bond donors (Lipinski definition) is 2. The molecule has 0 aromatic heterocycles. The molecule has 0 aliphatic carbocycles. The molecule has 6 nitrogen and oxygen atoms in total. The number of carboxylic acid groups (broad SMARTS) is 2. The molecule has 0 fully saturated rings. The van der Waals surface area contributed by atoms with Gasteiger partial charge in [-0.15, -0.1) is 0 Å². The van der Waals surface area contributed by atoms with Crippen LogP contribution in [0.2, 0.25) is 0 Å². The second-order valence-corrected chi connectivity index (χ2v) is 3.12. The number of carbonyl (C=O) groups is 2. The average Bonchev–Trinajstić information content (AvgIpc) is 2.16. The molecule has 0 aromatic carbocycles. The Morgan fingerprint density at radius 1 is 1.07 bits per heavy atom. The first-order chi connectivity index (χ1) is 7.06. The number of nitrogens with zero attached hydrogens (tertiary/aromatic N) is 1. The van der Waals surface area contributed by atoms with Crippen molar-refractivity contribution in [3.63, 3.8) is 0 Å². The van der Waals surface area contributed by atoms with Crippen molar-refractivity contribution in [3.05, 3.63) is 0 Å². The van der Waals surface area contributed by atoms with Gasteiger partial charge in [0.15, 0.2) is 0 Å². The SMILES string of the molecule is COCCN(CCC(=O)O)CCC(=O)O. The molecule has 0 aliphatic rings. The molecular formula is C9H17NO5. The zero-order valence-electron chi connectivity index (χ0n) is 8.81. The fourth-order valence-electron chi connectivity index (χ4n) is 1.06. The van der Waals surface area contributed by atoms with Gasteiger partial charge >= 0.3 is 11.9 Å². The van der Waals surface area contributed by atoms with Crippen molar-refractivity contribution in [2.75, 3.05) is 33.4 Å². The van der Waals surface area contributed by atoms with Crippen LogP contribution in [0.3, 0.4) is 0 Å². The van der Waals surface area contributed by atoms with Gasteiger partial charge in [0.05, 0.1) is 19.4 Å². The summed E-state index contributed by atoms with van der Waals surface area (Å²) in [5.74, 6) is -1.76. The Kier molecular flexibility index (Phi) is 7.57. The molecule has 0 saturated heterocycles. The van der Waals surface area contributed by atoms with Crippen LogP contribution in [0.4, 0.5) is 0 Å². The highest BCUT2D eigenvalue weighted by Gasteiger charge is 2.08. The van der Waals surface area contributed by atoms with Crippen LogP contribution >= 0.6 is 0 Å². The maximum Gasteiger partial charge on any atom is 0.304 e. The highest BCUT2D eigenvalue weighted by atomic mass is 16.5. The lowest BCUT2D eigenvalue weighted by atomic mass is 10.3. The average molecular weight is 219 g/mol. The molecule has 15 heavy (non-hydrogen) atoms. The first-order valence-corrected chi connectivity index (χ1v) is 4.71. The Balaban J connectivity index is 3.82. The molecule has 0 amide bonds. The van der Waals surface area contributed by atoms with Crippen molar-refractivity contribution >= 4 is 11.9 Å². The summed E-state index contributed by atoms with van der Waals surface area (Å²) in [5, 5.41) is 17.0. The minimum atomic E-state index is -0.882. The number of carboxylic acids is 2. The lowest BCUT2D eigenvalue weighted by Crippen LogP contribution is -2.31. The van der Waals surface area contributed by atoms with Gasteiger partial charge in [-0.1, -0.05) is 0 Å². The molecule has 0 unspecified atom stereocenters. The van der Waals surface area contributed by atoms with Crippen LogP contribution in [0.15, 0.2) is 0 Å². The summed E-state index contributed by atoms with van der Waals surface area (Å²) < 4.78 is 4.85. The Bertz CT molecular complexity index is 189. The van der Waals surface area contributed by atoms with E-state index in [4.69, 9.17) is 14.9 Å². The number of methoxy groups -OCH3 is 1. The second-order valence-electron chi connectivity index (χ2n) is 3.12. The van der Waals surface area contributed by atoms with E-state index in [-0.39, 0.29) is 12.8 Å². The molecule has 88 valence electrons. The molecule has 0 radical (unpaired) electrons. The molecule has 0 heterocycles. The van der Waals surface area contributed by atoms with E-state index in [1.165, 1.54) is 0 Å². The van der Waals surface area contributed by atoms with E-state index >= 15 is 0 Å². The topological polar surface area (TPSA) is 87.1 Å². The number of rotatable bonds is 9. The predicted octanol–water partition coefficient (Wildman–Crippen LogP) is -0.116. The van der Waals surface area contributed by atoms with Crippen LogP contribution < -0.4 is 0 Å². The summed E-state index contributed by atoms with van der Waals surface area (Å²) in [6.07, 6.45) is 0.0344. The molecule has 0 spiro atoms. The zero-order valence-corrected chi connectivity index (χ0v) is 8.81. The molecule has 0 aromatic rings. The monoisotopic (exact) mass is 219 g/mol. The van der Waals surface area contributed by atoms with Crippen LogP contribution in [0.25, 0.3) is 0 Å². The maximum absolute atomic E-state index is 10.3. The largest absolute Gasteiger partial charge is 0.481 e. The molecular weight excluding hydrogens is 202 g/mol. The van der Waals surface area contributed by atoms with Crippen LogP contribution in [0.5, 0.6) is 0 Å². The van der Waals surface area contributed by atoms with Crippen molar-refractivity contribution in [2.24, 2.45) is 0 Å². The molecule has 0 rings (SSSR count). The zero-order chi connectivity index (χ0) is 11.7. The minimum absolute atomic E-state index is 0.0172. The Morgan fingerprint density at radius 2 is 1.53 bits per heavy atom. The van der Waals surface area contributed by atoms with E-state index in [2.05, 4.69) is 0 Å². The standard InChI is InChI=1S/C9H17NO5/c1-15-7-6-10(4-2-8(11)12)5-3-9(13)14/h2-7H2,1H3,(H,11,12)(H,13,14). The molecule has 0 aliphatic heterocycles. The van der Waals surface area contributed by atoms with Crippen molar-refractivity contribution in [2.45, 2.75) is 12.8 Å². The summed E-state index contributed by atoms with van der Waals surface area (Å²) in [6.45, 7) is 1.73. The highest BCUT2D eigenvalue weighted by molar-refractivity contribution is 5.67. The van der Waals surface area contributed by atoms with Crippen molar-refractivity contribution < 1.29 is 24.5 Å². The van der Waals surface area contributed by atoms with Crippen LogP contribution in [0.1, 0.15) is 12.8 Å².